The zero-order valence-electron chi connectivity index (χ0n) is 16.7. The number of guanidine groups is 1. The number of carbonyl (C=O) groups excluding carboxylic acids is 1. The van der Waals surface area contributed by atoms with Crippen LogP contribution in [-0.4, -0.2) is 43.3 Å². The number of rotatable bonds is 7. The Morgan fingerprint density at radius 3 is 2.56 bits per heavy atom. The largest absolute Gasteiger partial charge is 0.444 e. The fourth-order valence-corrected chi connectivity index (χ4v) is 2.69. The van der Waals surface area contributed by atoms with Crippen LogP contribution in [0.5, 0.6) is 0 Å². The fraction of sp³-hybridized carbons (Fsp3) is 0.600. The van der Waals surface area contributed by atoms with Crippen LogP contribution in [0.1, 0.15) is 52.0 Å². The number of benzene rings is 1. The fourth-order valence-electron chi connectivity index (χ4n) is 2.69. The van der Waals surface area contributed by atoms with Crippen LogP contribution in [-0.2, 0) is 4.74 Å². The highest BCUT2D eigenvalue weighted by atomic mass is 127. The molecule has 3 N–H and O–H groups in total. The Bertz CT molecular complexity index is 602. The Labute approximate surface area is 179 Å². The molecule has 152 valence electrons. The maximum Gasteiger partial charge on any atom is 0.407 e. The van der Waals surface area contributed by atoms with Crippen molar-refractivity contribution in [1.82, 2.24) is 16.0 Å². The van der Waals surface area contributed by atoms with Gasteiger partial charge in [-0.15, -0.1) is 24.0 Å². The number of nitrogens with one attached hydrogen (secondary N) is 3. The molecule has 0 radical (unpaired) electrons. The molecule has 0 saturated heterocycles. The summed E-state index contributed by atoms with van der Waals surface area (Å²) in [6.45, 7) is 9.64. The van der Waals surface area contributed by atoms with Gasteiger partial charge in [0.2, 0.25) is 0 Å². The third kappa shape index (κ3) is 9.30. The topological polar surface area (TPSA) is 74.8 Å². The van der Waals surface area contributed by atoms with E-state index in [0.717, 1.165) is 25.3 Å². The molecule has 2 atom stereocenters. The first-order valence-corrected chi connectivity index (χ1v) is 9.45. The molecule has 2 rings (SSSR count). The number of nitrogens with zero attached hydrogens (tertiary/aromatic N) is 1. The summed E-state index contributed by atoms with van der Waals surface area (Å²) in [5.74, 6) is 1.40. The lowest BCUT2D eigenvalue weighted by Gasteiger charge is -2.19. The highest BCUT2D eigenvalue weighted by Gasteiger charge is 2.38. The van der Waals surface area contributed by atoms with E-state index in [4.69, 9.17) is 4.74 Å². The summed E-state index contributed by atoms with van der Waals surface area (Å²) in [6.07, 6.45) is 1.52. The molecule has 1 amide bonds. The molecule has 1 aromatic carbocycles. The van der Waals surface area contributed by atoms with Crippen molar-refractivity contribution in [2.75, 3.05) is 19.6 Å². The predicted molar refractivity (Wildman–Crippen MR) is 121 cm³/mol. The number of hydrogen-bond donors (Lipinski definition) is 3. The molecule has 0 heterocycles. The number of amides is 1. The zero-order valence-corrected chi connectivity index (χ0v) is 19.1. The van der Waals surface area contributed by atoms with Crippen molar-refractivity contribution in [3.05, 3.63) is 35.9 Å². The molecule has 1 aliphatic rings. The van der Waals surface area contributed by atoms with E-state index in [2.05, 4.69) is 52.1 Å². The average molecular weight is 488 g/mol. The van der Waals surface area contributed by atoms with Crippen LogP contribution < -0.4 is 16.0 Å². The lowest BCUT2D eigenvalue weighted by molar-refractivity contribution is 0.0527. The first-order valence-electron chi connectivity index (χ1n) is 9.45. The van der Waals surface area contributed by atoms with Gasteiger partial charge in [0, 0.05) is 31.6 Å². The van der Waals surface area contributed by atoms with Crippen molar-refractivity contribution in [2.24, 2.45) is 4.99 Å². The molecule has 7 heteroatoms. The van der Waals surface area contributed by atoms with Gasteiger partial charge in [0.15, 0.2) is 5.96 Å². The van der Waals surface area contributed by atoms with Gasteiger partial charge in [-0.2, -0.15) is 0 Å². The van der Waals surface area contributed by atoms with Crippen molar-refractivity contribution in [3.8, 4) is 0 Å². The summed E-state index contributed by atoms with van der Waals surface area (Å²) in [7, 11) is 0. The summed E-state index contributed by atoms with van der Waals surface area (Å²) < 4.78 is 5.21. The van der Waals surface area contributed by atoms with E-state index in [1.165, 1.54) is 5.56 Å². The Kier molecular flexibility index (Phi) is 9.90. The predicted octanol–water partition coefficient (Wildman–Crippen LogP) is 3.63. The van der Waals surface area contributed by atoms with Crippen molar-refractivity contribution in [1.29, 1.82) is 0 Å². The standard InChI is InChI=1S/C20H32N4O2.HI/c1-5-21-18(22-12-9-13-23-19(25)26-20(2,3)4)24-17-14-16(17)15-10-7-6-8-11-15;/h6-8,10-11,16-17H,5,9,12-14H2,1-4H3,(H,23,25)(H2,21,22,24);1H. The minimum Gasteiger partial charge on any atom is -0.444 e. The van der Waals surface area contributed by atoms with Gasteiger partial charge in [0.05, 0.1) is 0 Å². The summed E-state index contributed by atoms with van der Waals surface area (Å²) in [6, 6.07) is 11.0. The highest BCUT2D eigenvalue weighted by Crippen LogP contribution is 2.40. The summed E-state index contributed by atoms with van der Waals surface area (Å²) in [4.78, 5) is 16.2. The molecular weight excluding hydrogens is 455 g/mol. The molecule has 2 unspecified atom stereocenters. The van der Waals surface area contributed by atoms with Crippen LogP contribution in [0.3, 0.4) is 0 Å². The van der Waals surface area contributed by atoms with Gasteiger partial charge in [-0.3, -0.25) is 4.99 Å². The lowest BCUT2D eigenvalue weighted by Crippen LogP contribution is -2.39. The smallest absolute Gasteiger partial charge is 0.407 e. The van der Waals surface area contributed by atoms with E-state index in [-0.39, 0.29) is 30.1 Å². The number of alkyl carbamates (subject to hydrolysis) is 1. The van der Waals surface area contributed by atoms with Crippen molar-refractivity contribution < 1.29 is 9.53 Å². The van der Waals surface area contributed by atoms with Crippen LogP contribution in [0.15, 0.2) is 35.3 Å². The van der Waals surface area contributed by atoms with E-state index in [1.54, 1.807) is 0 Å². The Morgan fingerprint density at radius 2 is 1.93 bits per heavy atom. The van der Waals surface area contributed by atoms with E-state index in [1.807, 2.05) is 26.8 Å². The van der Waals surface area contributed by atoms with E-state index >= 15 is 0 Å². The minimum absolute atomic E-state index is 0. The third-order valence-electron chi connectivity index (χ3n) is 3.96. The van der Waals surface area contributed by atoms with Gasteiger partial charge in [-0.05, 0) is 46.1 Å². The second-order valence-electron chi connectivity index (χ2n) is 7.55. The van der Waals surface area contributed by atoms with Crippen molar-refractivity contribution in [3.63, 3.8) is 0 Å². The quantitative estimate of drug-likeness (QED) is 0.237. The molecule has 1 aromatic rings. The Morgan fingerprint density at radius 1 is 1.22 bits per heavy atom. The molecule has 0 spiro atoms. The maximum atomic E-state index is 11.6. The van der Waals surface area contributed by atoms with Crippen LogP contribution in [0.4, 0.5) is 4.79 Å². The molecule has 0 aliphatic heterocycles. The first kappa shape index (κ1) is 23.5. The molecule has 1 saturated carbocycles. The molecule has 27 heavy (non-hydrogen) atoms. The zero-order chi connectivity index (χ0) is 19.0. The minimum atomic E-state index is -0.468. The van der Waals surface area contributed by atoms with Gasteiger partial charge in [0.25, 0.3) is 0 Å². The second kappa shape index (κ2) is 11.4. The van der Waals surface area contributed by atoms with Gasteiger partial charge >= 0.3 is 6.09 Å². The van der Waals surface area contributed by atoms with Gasteiger partial charge in [-0.25, -0.2) is 4.79 Å². The molecule has 0 bridgehead atoms. The molecule has 0 aromatic heterocycles. The molecule has 1 fully saturated rings. The van der Waals surface area contributed by atoms with Crippen molar-refractivity contribution in [2.45, 2.75) is 58.1 Å². The van der Waals surface area contributed by atoms with E-state index < -0.39 is 5.60 Å². The maximum absolute atomic E-state index is 11.6. The number of hydrogen-bond acceptors (Lipinski definition) is 3. The second-order valence-corrected chi connectivity index (χ2v) is 7.55. The summed E-state index contributed by atoms with van der Waals surface area (Å²) >= 11 is 0. The lowest BCUT2D eigenvalue weighted by atomic mass is 10.1. The van der Waals surface area contributed by atoms with E-state index in [0.29, 0.717) is 25.0 Å². The Balaban J connectivity index is 0.00000364. The van der Waals surface area contributed by atoms with Gasteiger partial charge in [-0.1, -0.05) is 30.3 Å². The van der Waals surface area contributed by atoms with Crippen LogP contribution in [0.2, 0.25) is 0 Å². The third-order valence-corrected chi connectivity index (χ3v) is 3.96. The van der Waals surface area contributed by atoms with Crippen LogP contribution >= 0.6 is 24.0 Å². The van der Waals surface area contributed by atoms with Gasteiger partial charge in [0.1, 0.15) is 5.60 Å². The highest BCUT2D eigenvalue weighted by molar-refractivity contribution is 14.0. The molecule has 1 aliphatic carbocycles. The number of ether oxygens (including phenoxy) is 1. The average Bonchev–Trinajstić information content (AvgIpc) is 3.33. The monoisotopic (exact) mass is 488 g/mol. The molecule has 6 nitrogen and oxygen atoms in total. The van der Waals surface area contributed by atoms with Crippen LogP contribution in [0.25, 0.3) is 0 Å². The summed E-state index contributed by atoms with van der Waals surface area (Å²) in [5.41, 5.74) is 0.909. The number of halogens is 1. The van der Waals surface area contributed by atoms with Crippen LogP contribution in [0, 0.1) is 0 Å². The SMILES string of the molecule is CCNC(=NCCCNC(=O)OC(C)(C)C)NC1CC1c1ccccc1.I. The normalized spacial score (nSPS) is 18.9. The Hall–Kier alpha value is -1.51. The molecular formula is C20H33IN4O2. The first-order chi connectivity index (χ1) is 12.4. The van der Waals surface area contributed by atoms with E-state index in [9.17, 15) is 4.79 Å². The number of carbonyl (C=O) groups is 1. The summed E-state index contributed by atoms with van der Waals surface area (Å²) in [5, 5.41) is 9.54. The van der Waals surface area contributed by atoms with Crippen molar-refractivity contribution >= 4 is 36.0 Å². The number of aliphatic imine (C=N–C) groups is 1. The van der Waals surface area contributed by atoms with Gasteiger partial charge < -0.3 is 20.7 Å².